The van der Waals surface area contributed by atoms with Crippen LogP contribution in [0.4, 0.5) is 17.6 Å². The first-order chi connectivity index (χ1) is 14.1. The summed E-state index contributed by atoms with van der Waals surface area (Å²) in [5.41, 5.74) is 3.46. The van der Waals surface area contributed by atoms with E-state index in [1.165, 1.54) is 24.1 Å². The molecule has 0 radical (unpaired) electrons. The fraction of sp³-hybridized carbons (Fsp3) is 0.409. The minimum atomic E-state index is 0.556. The van der Waals surface area contributed by atoms with E-state index in [0.29, 0.717) is 12.0 Å². The van der Waals surface area contributed by atoms with Crippen LogP contribution in [0.2, 0.25) is 0 Å². The Labute approximate surface area is 171 Å². The van der Waals surface area contributed by atoms with E-state index >= 15 is 0 Å². The van der Waals surface area contributed by atoms with Crippen molar-refractivity contribution in [3.05, 3.63) is 59.4 Å². The molecule has 1 saturated heterocycles. The van der Waals surface area contributed by atoms with Gasteiger partial charge in [-0.1, -0.05) is 30.3 Å². The number of nitrogens with one attached hydrogen (secondary N) is 2. The summed E-state index contributed by atoms with van der Waals surface area (Å²) >= 11 is 0. The van der Waals surface area contributed by atoms with E-state index in [4.69, 9.17) is 9.97 Å². The van der Waals surface area contributed by atoms with Crippen molar-refractivity contribution in [1.82, 2.24) is 25.1 Å². The smallest absolute Gasteiger partial charge is 0.227 e. The highest BCUT2D eigenvalue weighted by Crippen LogP contribution is 2.39. The lowest BCUT2D eigenvalue weighted by molar-refractivity contribution is 0.245. The van der Waals surface area contributed by atoms with E-state index in [1.807, 2.05) is 12.1 Å². The molecule has 29 heavy (non-hydrogen) atoms. The molecule has 7 heteroatoms. The van der Waals surface area contributed by atoms with Crippen molar-refractivity contribution in [3.8, 4) is 0 Å². The molecule has 5 rings (SSSR count). The quantitative estimate of drug-likeness (QED) is 0.647. The second-order valence-electron chi connectivity index (χ2n) is 8.34. The molecule has 2 aliphatic rings. The number of benzene rings is 1. The summed E-state index contributed by atoms with van der Waals surface area (Å²) in [4.78, 5) is 14.1. The van der Waals surface area contributed by atoms with Crippen molar-refractivity contribution in [2.24, 2.45) is 0 Å². The zero-order chi connectivity index (χ0) is 19.8. The number of H-pyrrole nitrogens is 1. The Balaban J connectivity index is 1.39. The molecule has 7 nitrogen and oxygen atoms in total. The summed E-state index contributed by atoms with van der Waals surface area (Å²) in [5.74, 6) is 3.05. The molecule has 0 amide bonds. The zero-order valence-corrected chi connectivity index (χ0v) is 17.0. The highest BCUT2D eigenvalue weighted by molar-refractivity contribution is 5.55. The van der Waals surface area contributed by atoms with Gasteiger partial charge in [-0.3, -0.25) is 5.10 Å². The van der Waals surface area contributed by atoms with Crippen LogP contribution in [0.1, 0.15) is 35.7 Å². The highest BCUT2D eigenvalue weighted by Gasteiger charge is 2.30. The predicted molar refractivity (Wildman–Crippen MR) is 115 cm³/mol. The lowest BCUT2D eigenvalue weighted by Gasteiger charge is -2.42. The van der Waals surface area contributed by atoms with Crippen molar-refractivity contribution in [1.29, 1.82) is 0 Å². The number of aromatic nitrogens is 4. The molecule has 2 aromatic heterocycles. The normalized spacial score (nSPS) is 16.9. The van der Waals surface area contributed by atoms with Crippen molar-refractivity contribution in [2.45, 2.75) is 31.2 Å². The van der Waals surface area contributed by atoms with Gasteiger partial charge in [0.1, 0.15) is 5.82 Å². The minimum absolute atomic E-state index is 0.556. The van der Waals surface area contributed by atoms with Crippen LogP contribution in [0.25, 0.3) is 0 Å². The van der Waals surface area contributed by atoms with Crippen molar-refractivity contribution >= 4 is 17.6 Å². The van der Waals surface area contributed by atoms with Gasteiger partial charge in [-0.15, -0.1) is 0 Å². The number of hydrogen-bond donors (Lipinski definition) is 2. The zero-order valence-electron chi connectivity index (χ0n) is 17.0. The lowest BCUT2D eigenvalue weighted by Crippen LogP contribution is -2.58. The van der Waals surface area contributed by atoms with E-state index in [0.717, 1.165) is 42.8 Å². The summed E-state index contributed by atoms with van der Waals surface area (Å²) in [7, 11) is 4.24. The Kier molecular flexibility index (Phi) is 4.67. The Bertz CT molecular complexity index is 972. The van der Waals surface area contributed by atoms with Crippen LogP contribution in [-0.4, -0.2) is 58.3 Å². The van der Waals surface area contributed by atoms with Crippen molar-refractivity contribution in [3.63, 3.8) is 0 Å². The Morgan fingerprint density at radius 3 is 2.59 bits per heavy atom. The number of nitrogens with zero attached hydrogens (tertiary/aromatic N) is 5. The molecule has 0 unspecified atom stereocenters. The first-order valence-electron chi connectivity index (χ1n) is 10.3. The molecule has 1 aliphatic carbocycles. The van der Waals surface area contributed by atoms with Crippen LogP contribution < -0.4 is 10.2 Å². The van der Waals surface area contributed by atoms with E-state index in [-0.39, 0.29) is 0 Å². The molecule has 2 fully saturated rings. The number of rotatable bonds is 7. The summed E-state index contributed by atoms with van der Waals surface area (Å²) < 4.78 is 0. The largest absolute Gasteiger partial charge is 0.337 e. The molecule has 0 bridgehead atoms. The van der Waals surface area contributed by atoms with Gasteiger partial charge in [0, 0.05) is 49.3 Å². The Hall–Kier alpha value is -2.93. The SMILES string of the molecule is CN(C)C1CN(c2nc(Cc3ccccc3)cc(Nc3cc(C4CC4)[nH]n3)n2)C1. The van der Waals surface area contributed by atoms with E-state index < -0.39 is 0 Å². The summed E-state index contributed by atoms with van der Waals surface area (Å²) in [6, 6.07) is 15.1. The first-order valence-corrected chi connectivity index (χ1v) is 10.3. The Morgan fingerprint density at radius 2 is 1.86 bits per heavy atom. The highest BCUT2D eigenvalue weighted by atomic mass is 15.4. The van der Waals surface area contributed by atoms with Gasteiger partial charge in [0.15, 0.2) is 5.82 Å². The topological polar surface area (TPSA) is 73.0 Å². The molecular weight excluding hydrogens is 362 g/mol. The van der Waals surface area contributed by atoms with E-state index in [2.05, 4.69) is 69.7 Å². The van der Waals surface area contributed by atoms with Crippen LogP contribution in [-0.2, 0) is 6.42 Å². The molecule has 3 aromatic rings. The van der Waals surface area contributed by atoms with Crippen LogP contribution in [0.15, 0.2) is 42.5 Å². The summed E-state index contributed by atoms with van der Waals surface area (Å²) in [6.07, 6.45) is 3.29. The van der Waals surface area contributed by atoms with Gasteiger partial charge >= 0.3 is 0 Å². The van der Waals surface area contributed by atoms with Crippen LogP contribution in [0, 0.1) is 0 Å². The van der Waals surface area contributed by atoms with Crippen LogP contribution in [0.3, 0.4) is 0 Å². The van der Waals surface area contributed by atoms with Crippen molar-refractivity contribution < 1.29 is 0 Å². The van der Waals surface area contributed by atoms with Crippen LogP contribution in [0.5, 0.6) is 0 Å². The van der Waals surface area contributed by atoms with Gasteiger partial charge in [-0.25, -0.2) is 4.98 Å². The second-order valence-corrected chi connectivity index (χ2v) is 8.34. The van der Waals surface area contributed by atoms with E-state index in [9.17, 15) is 0 Å². The number of likely N-dealkylation sites (N-methyl/N-ethyl adjacent to an activating group) is 1. The fourth-order valence-electron chi connectivity index (χ4n) is 3.67. The standard InChI is InChI=1S/C22H27N7/c1-28(2)18-13-29(14-18)22-23-17(10-15-6-4-3-5-7-15)11-20(25-22)24-21-12-19(26-27-21)16-8-9-16/h3-7,11-12,16,18H,8-10,13-14H2,1-2H3,(H2,23,24,25,26,27). The van der Waals surface area contributed by atoms with Gasteiger partial charge in [-0.05, 0) is 32.5 Å². The number of anilines is 3. The van der Waals surface area contributed by atoms with Crippen molar-refractivity contribution in [2.75, 3.05) is 37.4 Å². The third kappa shape index (κ3) is 4.10. The molecule has 1 aromatic carbocycles. The third-order valence-electron chi connectivity index (χ3n) is 5.74. The maximum atomic E-state index is 4.86. The molecule has 0 spiro atoms. The van der Waals surface area contributed by atoms with Gasteiger partial charge in [0.05, 0.1) is 5.69 Å². The van der Waals surface area contributed by atoms with Crippen LogP contribution >= 0.6 is 0 Å². The molecule has 2 N–H and O–H groups in total. The molecule has 3 heterocycles. The van der Waals surface area contributed by atoms with Gasteiger partial charge < -0.3 is 15.1 Å². The van der Waals surface area contributed by atoms with E-state index in [1.54, 1.807) is 0 Å². The fourth-order valence-corrected chi connectivity index (χ4v) is 3.67. The summed E-state index contributed by atoms with van der Waals surface area (Å²) in [6.45, 7) is 1.91. The minimum Gasteiger partial charge on any atom is -0.337 e. The average molecular weight is 390 g/mol. The second kappa shape index (κ2) is 7.48. The monoisotopic (exact) mass is 389 g/mol. The Morgan fingerprint density at radius 1 is 1.07 bits per heavy atom. The third-order valence-corrected chi connectivity index (χ3v) is 5.74. The maximum Gasteiger partial charge on any atom is 0.227 e. The lowest BCUT2D eigenvalue weighted by atomic mass is 10.1. The van der Waals surface area contributed by atoms with Gasteiger partial charge in [0.25, 0.3) is 0 Å². The van der Waals surface area contributed by atoms with Gasteiger partial charge in [0.2, 0.25) is 5.95 Å². The number of aromatic amines is 1. The molecule has 1 saturated carbocycles. The molecule has 150 valence electrons. The number of hydrogen-bond acceptors (Lipinski definition) is 6. The average Bonchev–Trinajstić information content (AvgIpc) is 3.41. The first kappa shape index (κ1) is 18.1. The molecular formula is C22H27N7. The maximum absolute atomic E-state index is 4.86. The molecule has 0 atom stereocenters. The van der Waals surface area contributed by atoms with Gasteiger partial charge in [-0.2, -0.15) is 10.1 Å². The summed E-state index contributed by atoms with van der Waals surface area (Å²) in [5, 5.41) is 10.9. The predicted octanol–water partition coefficient (Wildman–Crippen LogP) is 3.16. The molecule has 1 aliphatic heterocycles.